The van der Waals surface area contributed by atoms with Crippen molar-refractivity contribution in [1.29, 1.82) is 0 Å². The van der Waals surface area contributed by atoms with Crippen LogP contribution in [0.1, 0.15) is 16.8 Å². The van der Waals surface area contributed by atoms with Gasteiger partial charge in [-0.3, -0.25) is 14.8 Å². The first-order valence-electron chi connectivity index (χ1n) is 4.89. The maximum Gasteiger partial charge on any atom is 0.212 e. The maximum atomic E-state index is 11.8. The van der Waals surface area contributed by atoms with Crippen molar-refractivity contribution in [3.63, 3.8) is 0 Å². The van der Waals surface area contributed by atoms with Crippen LogP contribution < -0.4 is 0 Å². The van der Waals surface area contributed by atoms with Gasteiger partial charge in [0, 0.05) is 38.0 Å². The van der Waals surface area contributed by atoms with Crippen molar-refractivity contribution in [1.82, 2.24) is 9.99 Å². The zero-order chi connectivity index (χ0) is 12.7. The Balaban J connectivity index is 2.69. The summed E-state index contributed by atoms with van der Waals surface area (Å²) in [6, 6.07) is 3.18. The summed E-state index contributed by atoms with van der Waals surface area (Å²) >= 11 is 0. The fourth-order valence-corrected chi connectivity index (χ4v) is 1.18. The summed E-state index contributed by atoms with van der Waals surface area (Å²) in [7, 11) is 1.47. The molecule has 0 fully saturated rings. The highest BCUT2D eigenvalue weighted by Gasteiger charge is 2.15. The summed E-state index contributed by atoms with van der Waals surface area (Å²) in [5, 5.41) is 15.5. The summed E-state index contributed by atoms with van der Waals surface area (Å²) < 4.78 is 0. The second-order valence-corrected chi connectivity index (χ2v) is 3.33. The van der Waals surface area contributed by atoms with Gasteiger partial charge in [-0.05, 0) is 12.1 Å². The van der Waals surface area contributed by atoms with Gasteiger partial charge in [-0.2, -0.15) is 0 Å². The van der Waals surface area contributed by atoms with E-state index in [2.05, 4.69) is 15.4 Å². The number of carbonyl (C=O) groups excluding carboxylic acids is 1. The highest BCUT2D eigenvalue weighted by atomic mass is 16.4. The Labute approximate surface area is 97.7 Å². The predicted molar refractivity (Wildman–Crippen MR) is 60.8 cm³/mol. The van der Waals surface area contributed by atoms with Crippen LogP contribution in [0, 0.1) is 4.91 Å². The van der Waals surface area contributed by atoms with E-state index in [1.807, 2.05) is 0 Å². The van der Waals surface area contributed by atoms with Crippen molar-refractivity contribution < 1.29 is 10.0 Å². The molecule has 1 rings (SSSR count). The molecular formula is C10H12N4O3. The smallest absolute Gasteiger partial charge is 0.212 e. The number of nitrogens with zero attached hydrogens (tertiary/aromatic N) is 4. The van der Waals surface area contributed by atoms with Gasteiger partial charge in [-0.15, -0.1) is 4.91 Å². The normalized spacial score (nSPS) is 11.0. The average molecular weight is 236 g/mol. The minimum atomic E-state index is -0.417. The number of Topliss-reactive ketones (excluding diaryl/α,β-unsaturated/α-hetero) is 1. The maximum absolute atomic E-state index is 11.8. The fraction of sp³-hybridized carbons (Fsp3) is 0.300. The van der Waals surface area contributed by atoms with E-state index in [1.165, 1.54) is 19.4 Å². The van der Waals surface area contributed by atoms with E-state index >= 15 is 0 Å². The molecule has 0 atom stereocenters. The molecule has 0 aliphatic rings. The number of hydrogen-bond acceptors (Lipinski definition) is 6. The molecular weight excluding hydrogens is 224 g/mol. The first kappa shape index (κ1) is 12.8. The Morgan fingerprint density at radius 2 is 2.35 bits per heavy atom. The number of aromatic nitrogens is 1. The average Bonchev–Trinajstić information content (AvgIpc) is 2.39. The van der Waals surface area contributed by atoms with Gasteiger partial charge in [0.2, 0.25) is 5.78 Å². The molecule has 17 heavy (non-hydrogen) atoms. The molecule has 0 aliphatic heterocycles. The van der Waals surface area contributed by atoms with Crippen LogP contribution in [-0.2, 0) is 0 Å². The summed E-state index contributed by atoms with van der Waals surface area (Å²) in [5.74, 6) is -0.417. The lowest BCUT2D eigenvalue weighted by atomic mass is 10.1. The van der Waals surface area contributed by atoms with Gasteiger partial charge in [0.05, 0.1) is 5.29 Å². The van der Waals surface area contributed by atoms with E-state index in [-0.39, 0.29) is 18.7 Å². The Kier molecular flexibility index (Phi) is 4.74. The van der Waals surface area contributed by atoms with E-state index in [4.69, 9.17) is 5.21 Å². The predicted octanol–water partition coefficient (Wildman–Crippen LogP) is 1.10. The Morgan fingerprint density at radius 3 is 2.88 bits per heavy atom. The van der Waals surface area contributed by atoms with E-state index in [0.29, 0.717) is 5.56 Å². The summed E-state index contributed by atoms with van der Waals surface area (Å²) in [6.45, 7) is 0.203. The zero-order valence-corrected chi connectivity index (χ0v) is 9.28. The fourth-order valence-electron chi connectivity index (χ4n) is 1.18. The molecule has 0 aromatic carbocycles. The highest BCUT2D eigenvalue weighted by molar-refractivity contribution is 6.45. The van der Waals surface area contributed by atoms with Crippen LogP contribution in [0.25, 0.3) is 0 Å². The van der Waals surface area contributed by atoms with E-state index < -0.39 is 5.78 Å². The van der Waals surface area contributed by atoms with Crippen molar-refractivity contribution in [3.8, 4) is 0 Å². The quantitative estimate of drug-likeness (QED) is 0.262. The van der Waals surface area contributed by atoms with E-state index in [9.17, 15) is 9.70 Å². The monoisotopic (exact) mass is 236 g/mol. The molecule has 7 nitrogen and oxygen atoms in total. The van der Waals surface area contributed by atoms with Crippen molar-refractivity contribution in [2.75, 3.05) is 13.6 Å². The minimum absolute atomic E-state index is 0.0338. The molecule has 0 unspecified atom stereocenters. The van der Waals surface area contributed by atoms with Crippen molar-refractivity contribution in [2.24, 2.45) is 10.4 Å². The van der Waals surface area contributed by atoms with E-state index in [1.54, 1.807) is 12.1 Å². The SMILES string of the molecule is CN(CC/C(=N/O)C(=O)c1cccnc1)N=O. The van der Waals surface area contributed by atoms with Gasteiger partial charge in [-0.25, -0.2) is 0 Å². The Hall–Kier alpha value is -2.31. The number of ketones is 1. The standard InChI is InChI=1S/C10H12N4O3/c1-14(13-17)6-4-9(12-16)10(15)8-3-2-5-11-7-8/h2-3,5,7,16H,4,6H2,1H3/b12-9-. The van der Waals surface area contributed by atoms with Crippen LogP contribution in [0.5, 0.6) is 0 Å². The third-order valence-electron chi connectivity index (χ3n) is 2.12. The van der Waals surface area contributed by atoms with Gasteiger partial charge in [0.1, 0.15) is 5.71 Å². The highest BCUT2D eigenvalue weighted by Crippen LogP contribution is 2.03. The molecule has 1 N–H and O–H groups in total. The molecule has 1 heterocycles. The molecule has 0 spiro atoms. The number of pyridine rings is 1. The molecule has 0 bridgehead atoms. The van der Waals surface area contributed by atoms with Gasteiger partial charge in [-0.1, -0.05) is 5.16 Å². The van der Waals surface area contributed by atoms with Crippen LogP contribution in [-0.4, -0.2) is 40.3 Å². The third kappa shape index (κ3) is 3.63. The van der Waals surface area contributed by atoms with Gasteiger partial charge < -0.3 is 5.21 Å². The lowest BCUT2D eigenvalue weighted by Gasteiger charge is -2.08. The molecule has 0 saturated carbocycles. The molecule has 0 amide bonds. The van der Waals surface area contributed by atoms with Gasteiger partial charge in [0.25, 0.3) is 0 Å². The van der Waals surface area contributed by atoms with Crippen LogP contribution in [0.15, 0.2) is 35.0 Å². The van der Waals surface area contributed by atoms with Crippen LogP contribution >= 0.6 is 0 Å². The largest absolute Gasteiger partial charge is 0.411 e. The number of carbonyl (C=O) groups is 1. The molecule has 7 heteroatoms. The molecule has 0 radical (unpaired) electrons. The van der Waals surface area contributed by atoms with Crippen molar-refractivity contribution in [2.45, 2.75) is 6.42 Å². The summed E-state index contributed by atoms with van der Waals surface area (Å²) in [5.41, 5.74) is 0.301. The first-order valence-corrected chi connectivity index (χ1v) is 4.89. The second-order valence-electron chi connectivity index (χ2n) is 3.33. The minimum Gasteiger partial charge on any atom is -0.411 e. The number of hydrogen-bond donors (Lipinski definition) is 1. The Bertz CT molecular complexity index is 419. The molecule has 0 aliphatic carbocycles. The van der Waals surface area contributed by atoms with Gasteiger partial charge in [0.15, 0.2) is 0 Å². The lowest BCUT2D eigenvalue weighted by Crippen LogP contribution is -2.21. The van der Waals surface area contributed by atoms with Crippen LogP contribution in [0.3, 0.4) is 0 Å². The van der Waals surface area contributed by atoms with Gasteiger partial charge >= 0.3 is 0 Å². The first-order chi connectivity index (χ1) is 8.19. The lowest BCUT2D eigenvalue weighted by molar-refractivity contribution is 0.105. The number of oxime groups is 1. The van der Waals surface area contributed by atoms with Crippen LogP contribution in [0.4, 0.5) is 0 Å². The summed E-state index contributed by atoms with van der Waals surface area (Å²) in [4.78, 5) is 25.7. The topological polar surface area (TPSA) is 95.2 Å². The van der Waals surface area contributed by atoms with Crippen molar-refractivity contribution >= 4 is 11.5 Å². The second kappa shape index (κ2) is 6.31. The van der Waals surface area contributed by atoms with Crippen molar-refractivity contribution in [3.05, 3.63) is 35.0 Å². The number of nitroso groups, excluding NO2 is 1. The Morgan fingerprint density at radius 1 is 1.59 bits per heavy atom. The number of rotatable bonds is 6. The van der Waals surface area contributed by atoms with E-state index in [0.717, 1.165) is 5.01 Å². The van der Waals surface area contributed by atoms with Crippen LogP contribution in [0.2, 0.25) is 0 Å². The molecule has 1 aromatic rings. The molecule has 90 valence electrons. The molecule has 0 saturated heterocycles. The zero-order valence-electron chi connectivity index (χ0n) is 9.28. The molecule has 1 aromatic heterocycles. The summed E-state index contributed by atoms with van der Waals surface area (Å²) in [6.07, 6.45) is 3.05. The third-order valence-corrected chi connectivity index (χ3v) is 2.12.